The van der Waals surface area contributed by atoms with Crippen molar-refractivity contribution >= 4 is 16.9 Å². The maximum atomic E-state index is 12.8. The molecule has 6 heteroatoms. The molecule has 1 aliphatic carbocycles. The van der Waals surface area contributed by atoms with Crippen LogP contribution in [0, 0.1) is 0 Å². The van der Waals surface area contributed by atoms with E-state index in [-0.39, 0.29) is 29.7 Å². The molecule has 0 saturated heterocycles. The van der Waals surface area contributed by atoms with E-state index in [1.54, 1.807) is 18.2 Å². The van der Waals surface area contributed by atoms with Gasteiger partial charge in [-0.2, -0.15) is 0 Å². The van der Waals surface area contributed by atoms with E-state index in [1.165, 1.54) is 18.2 Å². The normalized spacial score (nSPS) is 14.4. The number of benzene rings is 2. The summed E-state index contributed by atoms with van der Waals surface area (Å²) >= 11 is 0. The first-order chi connectivity index (χ1) is 15.1. The van der Waals surface area contributed by atoms with Crippen LogP contribution in [0.5, 0.6) is 17.2 Å². The fourth-order valence-corrected chi connectivity index (χ4v) is 3.84. The number of ether oxygens (including phenoxy) is 2. The Hall–Kier alpha value is -3.28. The highest BCUT2D eigenvalue weighted by Gasteiger charge is 2.16. The van der Waals surface area contributed by atoms with Crippen LogP contribution in [0.2, 0.25) is 0 Å². The van der Waals surface area contributed by atoms with Crippen molar-refractivity contribution in [2.75, 3.05) is 6.61 Å². The van der Waals surface area contributed by atoms with E-state index in [9.17, 15) is 9.59 Å². The summed E-state index contributed by atoms with van der Waals surface area (Å²) in [6.07, 6.45) is 7.85. The standard InChI is InChI=1S/C25H27NO5/c1-2-17-8-10-19(11-9-17)31-23-15-30-22-14-20(12-13-21(22)25(23)28)29-16-24(27)26-18-6-4-3-5-7-18/h8-15,18H,2-7,16H2,1H3,(H,26,27). The van der Waals surface area contributed by atoms with Gasteiger partial charge in [0.1, 0.15) is 23.3 Å². The molecule has 0 aliphatic heterocycles. The minimum atomic E-state index is -0.262. The lowest BCUT2D eigenvalue weighted by atomic mass is 9.95. The maximum Gasteiger partial charge on any atom is 0.258 e. The van der Waals surface area contributed by atoms with Crippen LogP contribution in [-0.2, 0) is 11.2 Å². The number of hydrogen-bond acceptors (Lipinski definition) is 5. The number of amides is 1. The summed E-state index contributed by atoms with van der Waals surface area (Å²) in [7, 11) is 0. The number of carbonyl (C=O) groups is 1. The molecule has 1 N–H and O–H groups in total. The Kier molecular flexibility index (Phi) is 6.55. The van der Waals surface area contributed by atoms with Crippen LogP contribution in [0.3, 0.4) is 0 Å². The molecule has 0 bridgehead atoms. The topological polar surface area (TPSA) is 77.8 Å². The molecular formula is C25H27NO5. The molecule has 31 heavy (non-hydrogen) atoms. The fourth-order valence-electron chi connectivity index (χ4n) is 3.84. The molecule has 1 saturated carbocycles. The molecule has 162 valence electrons. The molecule has 1 aliphatic rings. The lowest BCUT2D eigenvalue weighted by molar-refractivity contribution is -0.124. The molecule has 0 atom stereocenters. The average Bonchev–Trinajstić information content (AvgIpc) is 2.80. The van der Waals surface area contributed by atoms with E-state index in [0.29, 0.717) is 22.5 Å². The molecule has 6 nitrogen and oxygen atoms in total. The fraction of sp³-hybridized carbons (Fsp3) is 0.360. The van der Waals surface area contributed by atoms with Gasteiger partial charge in [-0.1, -0.05) is 38.3 Å². The second kappa shape index (κ2) is 9.69. The second-order valence-electron chi connectivity index (χ2n) is 7.88. The highest BCUT2D eigenvalue weighted by molar-refractivity contribution is 5.80. The summed E-state index contributed by atoms with van der Waals surface area (Å²) < 4.78 is 16.9. The maximum absolute atomic E-state index is 12.8. The van der Waals surface area contributed by atoms with Gasteiger partial charge in [0.25, 0.3) is 5.91 Å². The van der Waals surface area contributed by atoms with Gasteiger partial charge in [-0.3, -0.25) is 9.59 Å². The average molecular weight is 421 g/mol. The predicted octanol–water partition coefficient (Wildman–Crippen LogP) is 4.98. The minimum Gasteiger partial charge on any atom is -0.484 e. The second-order valence-corrected chi connectivity index (χ2v) is 7.88. The zero-order valence-electron chi connectivity index (χ0n) is 17.7. The number of fused-ring (bicyclic) bond motifs is 1. The molecule has 1 fully saturated rings. The van der Waals surface area contributed by atoms with Crippen LogP contribution < -0.4 is 20.2 Å². The summed E-state index contributed by atoms with van der Waals surface area (Å²) in [6.45, 7) is 2.01. The van der Waals surface area contributed by atoms with E-state index >= 15 is 0 Å². The van der Waals surface area contributed by atoms with Gasteiger partial charge in [0.2, 0.25) is 11.2 Å². The van der Waals surface area contributed by atoms with Gasteiger partial charge < -0.3 is 19.2 Å². The molecule has 0 spiro atoms. The third-order valence-electron chi connectivity index (χ3n) is 5.61. The predicted molar refractivity (Wildman–Crippen MR) is 119 cm³/mol. The summed E-state index contributed by atoms with van der Waals surface area (Å²) in [4.78, 5) is 24.9. The number of carbonyl (C=O) groups excluding carboxylic acids is 1. The Morgan fingerprint density at radius 3 is 2.55 bits per heavy atom. The zero-order valence-corrected chi connectivity index (χ0v) is 17.7. The summed E-state index contributed by atoms with van der Waals surface area (Å²) in [6, 6.07) is 12.7. The van der Waals surface area contributed by atoms with Crippen LogP contribution in [-0.4, -0.2) is 18.6 Å². The first-order valence-corrected chi connectivity index (χ1v) is 10.9. The molecular weight excluding hydrogens is 394 g/mol. The van der Waals surface area contributed by atoms with E-state index in [1.807, 2.05) is 24.3 Å². The molecule has 1 aromatic heterocycles. The van der Waals surface area contributed by atoms with E-state index in [0.717, 1.165) is 32.1 Å². The van der Waals surface area contributed by atoms with Crippen molar-refractivity contribution in [2.45, 2.75) is 51.5 Å². The number of nitrogens with one attached hydrogen (secondary N) is 1. The monoisotopic (exact) mass is 421 g/mol. The van der Waals surface area contributed by atoms with E-state index in [4.69, 9.17) is 13.9 Å². The van der Waals surface area contributed by atoms with Gasteiger partial charge in [0.05, 0.1) is 5.39 Å². The van der Waals surface area contributed by atoms with Crippen LogP contribution >= 0.6 is 0 Å². The largest absolute Gasteiger partial charge is 0.484 e. The number of hydrogen-bond donors (Lipinski definition) is 1. The molecule has 2 aromatic carbocycles. The van der Waals surface area contributed by atoms with Crippen molar-refractivity contribution in [1.29, 1.82) is 0 Å². The highest BCUT2D eigenvalue weighted by atomic mass is 16.5. The van der Waals surface area contributed by atoms with Gasteiger partial charge in [0, 0.05) is 12.1 Å². The number of rotatable bonds is 7. The van der Waals surface area contributed by atoms with Gasteiger partial charge >= 0.3 is 0 Å². The smallest absolute Gasteiger partial charge is 0.258 e. The number of aryl methyl sites for hydroxylation is 1. The summed E-state index contributed by atoms with van der Waals surface area (Å²) in [5.74, 6) is 1.04. The van der Waals surface area contributed by atoms with E-state index in [2.05, 4.69) is 12.2 Å². The van der Waals surface area contributed by atoms with Crippen molar-refractivity contribution in [2.24, 2.45) is 0 Å². The molecule has 0 unspecified atom stereocenters. The minimum absolute atomic E-state index is 0.0683. The van der Waals surface area contributed by atoms with Crippen molar-refractivity contribution in [3.05, 3.63) is 64.5 Å². The molecule has 1 heterocycles. The lowest BCUT2D eigenvalue weighted by Crippen LogP contribution is -2.38. The van der Waals surface area contributed by atoms with Crippen molar-refractivity contribution < 1.29 is 18.7 Å². The van der Waals surface area contributed by atoms with E-state index < -0.39 is 0 Å². The van der Waals surface area contributed by atoms with Crippen LogP contribution in [0.25, 0.3) is 11.0 Å². The Balaban J connectivity index is 1.41. The SMILES string of the molecule is CCc1ccc(Oc2coc3cc(OCC(=O)NC4CCCCC4)ccc3c2=O)cc1. The Bertz CT molecular complexity index is 1100. The van der Waals surface area contributed by atoms with Gasteiger partial charge in [-0.05, 0) is 49.1 Å². The molecule has 1 amide bonds. The quantitative estimate of drug-likeness (QED) is 0.582. The Morgan fingerprint density at radius 1 is 1.06 bits per heavy atom. The lowest BCUT2D eigenvalue weighted by Gasteiger charge is -2.22. The molecule has 3 aromatic rings. The Labute approximate surface area is 181 Å². The third kappa shape index (κ3) is 5.26. The van der Waals surface area contributed by atoms with Gasteiger partial charge in [0.15, 0.2) is 6.61 Å². The first-order valence-electron chi connectivity index (χ1n) is 10.9. The summed E-state index contributed by atoms with van der Waals surface area (Å²) in [5, 5.41) is 3.41. The van der Waals surface area contributed by atoms with Crippen LogP contribution in [0.1, 0.15) is 44.6 Å². The first kappa shape index (κ1) is 21.0. The van der Waals surface area contributed by atoms with Crippen molar-refractivity contribution in [3.8, 4) is 17.2 Å². The molecule has 0 radical (unpaired) electrons. The van der Waals surface area contributed by atoms with Crippen molar-refractivity contribution in [3.63, 3.8) is 0 Å². The summed E-state index contributed by atoms with van der Waals surface area (Å²) in [5.41, 5.74) is 1.31. The highest BCUT2D eigenvalue weighted by Crippen LogP contribution is 2.24. The van der Waals surface area contributed by atoms with Crippen LogP contribution in [0.15, 0.2) is 57.9 Å². The third-order valence-corrected chi connectivity index (χ3v) is 5.61. The van der Waals surface area contributed by atoms with Crippen LogP contribution in [0.4, 0.5) is 0 Å². The van der Waals surface area contributed by atoms with Crippen molar-refractivity contribution in [1.82, 2.24) is 5.32 Å². The van der Waals surface area contributed by atoms with Gasteiger partial charge in [-0.25, -0.2) is 0 Å². The Morgan fingerprint density at radius 2 is 1.81 bits per heavy atom. The zero-order chi connectivity index (χ0) is 21.6. The van der Waals surface area contributed by atoms with Gasteiger partial charge in [-0.15, -0.1) is 0 Å². The molecule has 4 rings (SSSR count).